The van der Waals surface area contributed by atoms with Crippen LogP contribution in [0.25, 0.3) is 11.3 Å². The van der Waals surface area contributed by atoms with Crippen molar-refractivity contribution < 1.29 is 22.7 Å². The number of rotatable bonds is 3. The predicted octanol–water partition coefficient (Wildman–Crippen LogP) is 1.16. The van der Waals surface area contributed by atoms with Gasteiger partial charge in [-0.05, 0) is 26.0 Å². The number of hydrogen-bond acceptors (Lipinski definition) is 5. The molecule has 0 unspecified atom stereocenters. The number of nitrogens with zero attached hydrogens (tertiary/aromatic N) is 3. The van der Waals surface area contributed by atoms with Crippen LogP contribution in [0.3, 0.4) is 0 Å². The topological polar surface area (TPSA) is 105 Å². The van der Waals surface area contributed by atoms with E-state index < -0.39 is 39.9 Å². The van der Waals surface area contributed by atoms with Crippen LogP contribution in [0.2, 0.25) is 0 Å². The molecule has 1 amide bonds. The van der Waals surface area contributed by atoms with Crippen molar-refractivity contribution in [3.8, 4) is 17.0 Å². The Kier molecular flexibility index (Phi) is 3.71. The average Bonchev–Trinajstić information content (AvgIpc) is 3.04. The molecule has 1 aliphatic heterocycles. The van der Waals surface area contributed by atoms with Gasteiger partial charge in [0.25, 0.3) is 5.91 Å². The van der Waals surface area contributed by atoms with E-state index in [1.54, 1.807) is 15.5 Å². The highest BCUT2D eigenvalue weighted by Gasteiger charge is 2.38. The summed E-state index contributed by atoms with van der Waals surface area (Å²) in [6.07, 6.45) is 3.15. The number of halogens is 1. The summed E-state index contributed by atoms with van der Waals surface area (Å²) in [6, 6.07) is 2.59. The second kappa shape index (κ2) is 5.48. The quantitative estimate of drug-likeness (QED) is 0.861. The van der Waals surface area contributed by atoms with Gasteiger partial charge >= 0.3 is 10.2 Å². The monoisotopic (exact) mass is 354 g/mol. The highest BCUT2D eigenvalue weighted by molar-refractivity contribution is 7.92. The summed E-state index contributed by atoms with van der Waals surface area (Å²) in [5, 5.41) is 9.92. The van der Waals surface area contributed by atoms with E-state index >= 15 is 0 Å². The van der Waals surface area contributed by atoms with Gasteiger partial charge in [-0.3, -0.25) is 4.79 Å². The molecule has 0 saturated carbocycles. The minimum Gasteiger partial charge on any atom is -0.506 e. The van der Waals surface area contributed by atoms with E-state index in [0.29, 0.717) is 10.00 Å². The van der Waals surface area contributed by atoms with E-state index in [-0.39, 0.29) is 11.6 Å². The summed E-state index contributed by atoms with van der Waals surface area (Å²) >= 11 is 0. The number of amides is 1. The van der Waals surface area contributed by atoms with Crippen molar-refractivity contribution in [1.82, 2.24) is 14.3 Å². The Labute approximate surface area is 137 Å². The molecule has 1 aliphatic rings. The first-order valence-corrected chi connectivity index (χ1v) is 8.53. The Bertz CT molecular complexity index is 923. The number of anilines is 1. The van der Waals surface area contributed by atoms with Crippen molar-refractivity contribution in [2.75, 3.05) is 10.8 Å². The van der Waals surface area contributed by atoms with Crippen LogP contribution in [-0.4, -0.2) is 35.5 Å². The summed E-state index contributed by atoms with van der Waals surface area (Å²) in [7, 11) is -4.23. The predicted molar refractivity (Wildman–Crippen MR) is 84.1 cm³/mol. The third-order valence-corrected chi connectivity index (χ3v) is 5.02. The number of phenols is 1. The standard InChI is InChI=1S/C14H15FN4O4S/c1-8(2)18-5-10(16-7-18)9-3-4-11(20)14(13(9)15)19-6-12(21)17-24(19,22)23/h3-5,7-8,20H,6H2,1-2H3,(H,17,21). The van der Waals surface area contributed by atoms with Gasteiger partial charge in [0.05, 0.1) is 12.0 Å². The van der Waals surface area contributed by atoms with Gasteiger partial charge in [-0.15, -0.1) is 0 Å². The molecule has 128 valence electrons. The van der Waals surface area contributed by atoms with Gasteiger partial charge in [-0.2, -0.15) is 8.42 Å². The molecule has 0 spiro atoms. The molecule has 1 aromatic carbocycles. The van der Waals surface area contributed by atoms with Crippen molar-refractivity contribution in [2.24, 2.45) is 0 Å². The number of hydrogen-bond donors (Lipinski definition) is 2. The fourth-order valence-corrected chi connectivity index (χ4v) is 3.56. The minimum absolute atomic E-state index is 0.0248. The molecule has 1 aromatic heterocycles. The number of benzene rings is 1. The van der Waals surface area contributed by atoms with Gasteiger partial charge in [0.1, 0.15) is 18.0 Å². The molecule has 1 fully saturated rings. The molecule has 0 aliphatic carbocycles. The zero-order chi connectivity index (χ0) is 17.6. The van der Waals surface area contributed by atoms with Crippen molar-refractivity contribution in [1.29, 1.82) is 0 Å². The summed E-state index contributed by atoms with van der Waals surface area (Å²) in [4.78, 5) is 15.5. The number of aromatic hydroxyl groups is 1. The summed E-state index contributed by atoms with van der Waals surface area (Å²) in [6.45, 7) is 3.26. The molecule has 1 saturated heterocycles. The van der Waals surface area contributed by atoms with Gasteiger partial charge in [0, 0.05) is 17.8 Å². The van der Waals surface area contributed by atoms with E-state index in [1.807, 2.05) is 13.8 Å². The normalized spacial score (nSPS) is 16.7. The van der Waals surface area contributed by atoms with Gasteiger partial charge < -0.3 is 9.67 Å². The second-order valence-corrected chi connectivity index (χ2v) is 7.23. The van der Waals surface area contributed by atoms with Gasteiger partial charge in [-0.25, -0.2) is 18.4 Å². The number of aromatic nitrogens is 2. The van der Waals surface area contributed by atoms with Crippen LogP contribution in [0.15, 0.2) is 24.7 Å². The molecule has 3 rings (SSSR count). The Morgan fingerprint density at radius 1 is 1.38 bits per heavy atom. The Morgan fingerprint density at radius 2 is 2.08 bits per heavy atom. The number of carbonyl (C=O) groups excluding carboxylic acids is 1. The molecule has 2 aromatic rings. The number of phenolic OH excluding ortho intramolecular Hbond substituents is 1. The first-order chi connectivity index (χ1) is 11.2. The smallest absolute Gasteiger partial charge is 0.326 e. The molecule has 10 heteroatoms. The molecule has 24 heavy (non-hydrogen) atoms. The maximum atomic E-state index is 14.9. The summed E-state index contributed by atoms with van der Waals surface area (Å²) in [5.41, 5.74) is -0.264. The molecule has 0 atom stereocenters. The van der Waals surface area contributed by atoms with Crippen molar-refractivity contribution in [3.63, 3.8) is 0 Å². The zero-order valence-corrected chi connectivity index (χ0v) is 13.7. The van der Waals surface area contributed by atoms with Crippen LogP contribution < -0.4 is 9.03 Å². The second-order valence-electron chi connectivity index (χ2n) is 5.63. The minimum atomic E-state index is -4.23. The van der Waals surface area contributed by atoms with Crippen LogP contribution in [0.5, 0.6) is 5.75 Å². The van der Waals surface area contributed by atoms with E-state index in [9.17, 15) is 22.7 Å². The highest BCUT2D eigenvalue weighted by atomic mass is 32.2. The van der Waals surface area contributed by atoms with E-state index in [4.69, 9.17) is 0 Å². The van der Waals surface area contributed by atoms with Crippen LogP contribution in [-0.2, 0) is 15.0 Å². The lowest BCUT2D eigenvalue weighted by molar-refractivity contribution is -0.117. The molecule has 0 bridgehead atoms. The molecule has 2 N–H and O–H groups in total. The molecule has 0 radical (unpaired) electrons. The lowest BCUT2D eigenvalue weighted by Crippen LogP contribution is -2.30. The molecule has 8 nitrogen and oxygen atoms in total. The summed E-state index contributed by atoms with van der Waals surface area (Å²) < 4.78 is 42.7. The van der Waals surface area contributed by atoms with Gasteiger partial charge in [-0.1, -0.05) is 0 Å². The first kappa shape index (κ1) is 16.2. The number of carbonyl (C=O) groups is 1. The lowest BCUT2D eigenvalue weighted by atomic mass is 10.1. The van der Waals surface area contributed by atoms with Crippen LogP contribution >= 0.6 is 0 Å². The highest BCUT2D eigenvalue weighted by Crippen LogP contribution is 2.38. The Morgan fingerprint density at radius 3 is 2.62 bits per heavy atom. The third-order valence-electron chi connectivity index (χ3n) is 3.64. The third kappa shape index (κ3) is 2.58. The van der Waals surface area contributed by atoms with Crippen molar-refractivity contribution in [2.45, 2.75) is 19.9 Å². The van der Waals surface area contributed by atoms with E-state index in [1.165, 1.54) is 18.5 Å². The Balaban J connectivity index is 2.13. The van der Waals surface area contributed by atoms with Crippen molar-refractivity contribution >= 4 is 21.8 Å². The first-order valence-electron chi connectivity index (χ1n) is 7.09. The fourth-order valence-electron chi connectivity index (χ4n) is 2.39. The van der Waals surface area contributed by atoms with Gasteiger partial charge in [0.2, 0.25) is 0 Å². The average molecular weight is 354 g/mol. The molecule has 2 heterocycles. The van der Waals surface area contributed by atoms with E-state index in [0.717, 1.165) is 0 Å². The van der Waals surface area contributed by atoms with Gasteiger partial charge in [0.15, 0.2) is 5.82 Å². The zero-order valence-electron chi connectivity index (χ0n) is 12.9. The maximum Gasteiger partial charge on any atom is 0.326 e. The van der Waals surface area contributed by atoms with Crippen LogP contribution in [0.4, 0.5) is 10.1 Å². The molecular weight excluding hydrogens is 339 g/mol. The van der Waals surface area contributed by atoms with Crippen LogP contribution in [0, 0.1) is 5.82 Å². The van der Waals surface area contributed by atoms with Crippen molar-refractivity contribution in [3.05, 3.63) is 30.5 Å². The number of nitrogens with one attached hydrogen (secondary N) is 1. The van der Waals surface area contributed by atoms with Crippen LogP contribution in [0.1, 0.15) is 19.9 Å². The maximum absolute atomic E-state index is 14.9. The molecular formula is C14H15FN4O4S. The number of imidazole rings is 1. The lowest BCUT2D eigenvalue weighted by Gasteiger charge is -2.18. The summed E-state index contributed by atoms with van der Waals surface area (Å²) in [5.74, 6) is -2.35. The SMILES string of the molecule is CC(C)n1cnc(-c2ccc(O)c(N3CC(=O)NS3(=O)=O)c2F)c1. The fraction of sp³-hybridized carbons (Fsp3) is 0.286. The van der Waals surface area contributed by atoms with E-state index in [2.05, 4.69) is 4.98 Å². The largest absolute Gasteiger partial charge is 0.506 e. The Hall–Kier alpha value is -2.62.